The van der Waals surface area contributed by atoms with Crippen LogP contribution in [0.15, 0.2) is 16.3 Å². The third-order valence-electron chi connectivity index (χ3n) is 9.31. The first-order valence-electron chi connectivity index (χ1n) is 15.8. The molecule has 0 spiro atoms. The van der Waals surface area contributed by atoms with Gasteiger partial charge in [0.25, 0.3) is 0 Å². The highest BCUT2D eigenvalue weighted by molar-refractivity contribution is 7.89. The number of unbranched alkanes of at least 4 members (excludes halogenated alkanes) is 4. The largest absolute Gasteiger partial charge is 0.480 e. The fourth-order valence-electron chi connectivity index (χ4n) is 6.39. The Labute approximate surface area is 265 Å². The molecule has 0 aromatic carbocycles. The first-order valence-corrected chi connectivity index (χ1v) is 18.1. The number of thiophene rings is 1. The number of fused-ring (bicyclic) bond motifs is 1. The van der Waals surface area contributed by atoms with Crippen molar-refractivity contribution < 1.29 is 33.0 Å². The second-order valence-corrected chi connectivity index (χ2v) is 16.4. The number of carboxylic acid groups (broad SMARTS) is 1. The molecule has 44 heavy (non-hydrogen) atoms. The zero-order valence-corrected chi connectivity index (χ0v) is 27.9. The quantitative estimate of drug-likeness (QED) is 0.142. The highest BCUT2D eigenvalue weighted by Gasteiger charge is 2.61. The number of hydrogen-bond donors (Lipinski definition) is 5. The van der Waals surface area contributed by atoms with Crippen LogP contribution in [0.1, 0.15) is 90.4 Å². The van der Waals surface area contributed by atoms with Crippen molar-refractivity contribution in [2.24, 2.45) is 11.3 Å². The molecule has 1 aromatic rings. The van der Waals surface area contributed by atoms with Crippen LogP contribution in [0.4, 0.5) is 4.79 Å². The van der Waals surface area contributed by atoms with E-state index in [-0.39, 0.29) is 31.5 Å². The van der Waals surface area contributed by atoms with E-state index in [1.165, 1.54) is 27.0 Å². The highest BCUT2D eigenvalue weighted by atomic mass is 32.2. The number of carbonyl (C=O) groups is 3. The number of likely N-dealkylation sites (tertiary alicyclic amines) is 1. The lowest BCUT2D eigenvalue weighted by molar-refractivity contribution is -0.143. The number of rotatable bonds is 15. The van der Waals surface area contributed by atoms with E-state index in [1.54, 1.807) is 11.4 Å². The average molecular weight is 656 g/mol. The van der Waals surface area contributed by atoms with Gasteiger partial charge in [-0.15, -0.1) is 11.3 Å². The molecule has 1 aliphatic carbocycles. The molecule has 12 nitrogen and oxygen atoms in total. The molecule has 14 heteroatoms. The number of aliphatic hydroxyl groups excluding tert-OH is 1. The maximum absolute atomic E-state index is 13.2. The number of carbonyl (C=O) groups excluding carboxylic acids is 2. The van der Waals surface area contributed by atoms with Crippen LogP contribution >= 0.6 is 11.3 Å². The standard InChI is InChI=1S/C30H49N5O7S2/c1-5-6-7-8-9-11-20-16-30(20,27(38)39)33-26(37)21-12-10-14-35(21)25(36)17-31-28(40)32-24(29(2,3)4)19-34-18-22-23(13-15-43-22)44(34,41)42/h13,15,20-21,24,26,33,37H,5-12,14,16-19H2,1-4H3,(H,38,39)(H2,31,32,40)/t20?,21-,24?,26?,30+/m0/s1. The van der Waals surface area contributed by atoms with Gasteiger partial charge in [0.1, 0.15) is 11.8 Å². The molecule has 5 N–H and O–H groups in total. The van der Waals surface area contributed by atoms with Gasteiger partial charge in [0.15, 0.2) is 0 Å². The Hall–Kier alpha value is -2.26. The number of amides is 3. The first kappa shape index (κ1) is 34.6. The molecule has 1 saturated carbocycles. The van der Waals surface area contributed by atoms with Gasteiger partial charge < -0.3 is 25.7 Å². The molecule has 5 atom stereocenters. The molecule has 4 rings (SSSR count). The topological polar surface area (TPSA) is 168 Å². The third kappa shape index (κ3) is 7.75. The van der Waals surface area contributed by atoms with Crippen LogP contribution in [0, 0.1) is 11.3 Å². The molecular weight excluding hydrogens is 606 g/mol. The predicted molar refractivity (Wildman–Crippen MR) is 167 cm³/mol. The van der Waals surface area contributed by atoms with E-state index in [0.717, 1.165) is 37.0 Å². The van der Waals surface area contributed by atoms with Gasteiger partial charge >= 0.3 is 12.0 Å². The monoisotopic (exact) mass is 655 g/mol. The summed E-state index contributed by atoms with van der Waals surface area (Å²) >= 11 is 1.39. The van der Waals surface area contributed by atoms with E-state index in [2.05, 4.69) is 22.9 Å². The fourth-order valence-corrected chi connectivity index (χ4v) is 9.32. The molecule has 1 aromatic heterocycles. The lowest BCUT2D eigenvalue weighted by atomic mass is 9.86. The Bertz CT molecular complexity index is 1300. The summed E-state index contributed by atoms with van der Waals surface area (Å²) in [5.74, 6) is -1.41. The minimum atomic E-state index is -3.63. The normalized spacial score (nSPS) is 25.8. The summed E-state index contributed by atoms with van der Waals surface area (Å²) in [7, 11) is -3.63. The van der Waals surface area contributed by atoms with E-state index >= 15 is 0 Å². The minimum absolute atomic E-state index is 0.0504. The van der Waals surface area contributed by atoms with Gasteiger partial charge in [-0.1, -0.05) is 59.8 Å². The van der Waals surface area contributed by atoms with Crippen molar-refractivity contribution in [1.29, 1.82) is 0 Å². The SMILES string of the molecule is CCCCCCCC1C[C@]1(NC(O)[C@@H]1CCCN1C(=O)CNC(=O)NC(CN1Cc2sccc2S1(=O)=O)C(C)(C)C)C(=O)O. The molecule has 1 saturated heterocycles. The van der Waals surface area contributed by atoms with Crippen molar-refractivity contribution >= 4 is 39.3 Å². The fraction of sp³-hybridized carbons (Fsp3) is 0.767. The molecular formula is C30H49N5O7S2. The van der Waals surface area contributed by atoms with Crippen LogP contribution in [0.25, 0.3) is 0 Å². The van der Waals surface area contributed by atoms with Gasteiger partial charge in [0, 0.05) is 30.6 Å². The summed E-state index contributed by atoms with van der Waals surface area (Å²) in [6.45, 7) is 8.31. The summed E-state index contributed by atoms with van der Waals surface area (Å²) in [6.07, 6.45) is 6.70. The van der Waals surface area contributed by atoms with Gasteiger partial charge in [0.05, 0.1) is 17.5 Å². The zero-order valence-electron chi connectivity index (χ0n) is 26.3. The van der Waals surface area contributed by atoms with E-state index in [1.807, 2.05) is 20.8 Å². The molecule has 2 aliphatic heterocycles. The summed E-state index contributed by atoms with van der Waals surface area (Å²) in [5.41, 5.74) is -1.64. The van der Waals surface area contributed by atoms with Crippen molar-refractivity contribution in [3.63, 3.8) is 0 Å². The van der Waals surface area contributed by atoms with Gasteiger partial charge in [-0.25, -0.2) is 13.2 Å². The number of urea groups is 1. The summed E-state index contributed by atoms with van der Waals surface area (Å²) in [6, 6.07) is -0.120. The molecule has 248 valence electrons. The summed E-state index contributed by atoms with van der Waals surface area (Å²) in [5, 5.41) is 31.2. The Morgan fingerprint density at radius 3 is 2.57 bits per heavy atom. The second kappa shape index (κ2) is 14.0. The van der Waals surface area contributed by atoms with Crippen LogP contribution < -0.4 is 16.0 Å². The van der Waals surface area contributed by atoms with Crippen molar-refractivity contribution in [2.75, 3.05) is 19.6 Å². The molecule has 3 unspecified atom stereocenters. The lowest BCUT2D eigenvalue weighted by Crippen LogP contribution is -2.57. The maximum atomic E-state index is 13.2. The van der Waals surface area contributed by atoms with E-state index in [0.29, 0.717) is 30.7 Å². The summed E-state index contributed by atoms with van der Waals surface area (Å²) in [4.78, 5) is 40.8. The average Bonchev–Trinajstić information content (AvgIpc) is 3.29. The Morgan fingerprint density at radius 2 is 1.91 bits per heavy atom. The van der Waals surface area contributed by atoms with Crippen molar-refractivity contribution in [1.82, 2.24) is 25.2 Å². The maximum Gasteiger partial charge on any atom is 0.324 e. The number of nitrogens with zero attached hydrogens (tertiary/aromatic N) is 2. The number of aliphatic carboxylic acids is 1. The first-order chi connectivity index (χ1) is 20.7. The van der Waals surface area contributed by atoms with Crippen LogP contribution in [-0.4, -0.2) is 89.2 Å². The molecule has 3 aliphatic rings. The van der Waals surface area contributed by atoms with Gasteiger partial charge in [-0.2, -0.15) is 4.31 Å². The van der Waals surface area contributed by atoms with Crippen LogP contribution in [0.3, 0.4) is 0 Å². The van der Waals surface area contributed by atoms with Crippen molar-refractivity contribution in [2.45, 2.75) is 121 Å². The smallest absolute Gasteiger partial charge is 0.324 e. The van der Waals surface area contributed by atoms with Gasteiger partial charge in [-0.05, 0) is 48.5 Å². The number of nitrogens with one attached hydrogen (secondary N) is 3. The molecule has 3 amide bonds. The van der Waals surface area contributed by atoms with E-state index < -0.39 is 51.3 Å². The Kier molecular flexibility index (Phi) is 11.0. The van der Waals surface area contributed by atoms with Gasteiger partial charge in [0.2, 0.25) is 15.9 Å². The van der Waals surface area contributed by atoms with E-state index in [4.69, 9.17) is 0 Å². The number of hydrogen-bond acceptors (Lipinski definition) is 8. The Balaban J connectivity index is 1.28. The van der Waals surface area contributed by atoms with Crippen LogP contribution in [0.2, 0.25) is 0 Å². The second-order valence-electron chi connectivity index (χ2n) is 13.5. The summed E-state index contributed by atoms with van der Waals surface area (Å²) < 4.78 is 27.3. The van der Waals surface area contributed by atoms with Gasteiger partial charge in [-0.3, -0.25) is 14.9 Å². The molecule has 3 heterocycles. The molecule has 0 bridgehead atoms. The predicted octanol–water partition coefficient (Wildman–Crippen LogP) is 3.07. The highest BCUT2D eigenvalue weighted by Crippen LogP contribution is 2.48. The zero-order chi connectivity index (χ0) is 32.3. The number of aliphatic hydroxyl groups is 1. The molecule has 2 fully saturated rings. The lowest BCUT2D eigenvalue weighted by Gasteiger charge is -2.34. The van der Waals surface area contributed by atoms with E-state index in [9.17, 15) is 33.0 Å². The van der Waals surface area contributed by atoms with Crippen molar-refractivity contribution in [3.05, 3.63) is 16.3 Å². The number of carboxylic acids is 1. The molecule has 0 radical (unpaired) electrons. The Morgan fingerprint density at radius 1 is 1.18 bits per heavy atom. The third-order valence-corrected chi connectivity index (χ3v) is 12.2. The van der Waals surface area contributed by atoms with Crippen LogP contribution in [0.5, 0.6) is 0 Å². The van der Waals surface area contributed by atoms with Crippen LogP contribution in [-0.2, 0) is 26.2 Å². The van der Waals surface area contributed by atoms with Crippen molar-refractivity contribution in [3.8, 4) is 0 Å². The minimum Gasteiger partial charge on any atom is -0.480 e. The number of sulfonamides is 1.